The highest BCUT2D eigenvalue weighted by atomic mass is 127. The third-order valence-electron chi connectivity index (χ3n) is 3.02. The van der Waals surface area contributed by atoms with Crippen molar-refractivity contribution in [2.45, 2.75) is 26.3 Å². The van der Waals surface area contributed by atoms with E-state index in [0.29, 0.717) is 0 Å². The molecule has 0 amide bonds. The Morgan fingerprint density at radius 3 is 2.50 bits per heavy atom. The van der Waals surface area contributed by atoms with Crippen molar-refractivity contribution in [2.75, 3.05) is 6.54 Å². The predicted octanol–water partition coefficient (Wildman–Crippen LogP) is 4.09. The summed E-state index contributed by atoms with van der Waals surface area (Å²) in [5.41, 5.74) is 2.55. The quantitative estimate of drug-likeness (QED) is 0.818. The highest BCUT2D eigenvalue weighted by Crippen LogP contribution is 2.23. The molecular formula is C15H18INO. The van der Waals surface area contributed by atoms with E-state index in [2.05, 4.69) is 66.0 Å². The zero-order valence-corrected chi connectivity index (χ0v) is 12.9. The van der Waals surface area contributed by atoms with Gasteiger partial charge in [0, 0.05) is 3.57 Å². The van der Waals surface area contributed by atoms with Gasteiger partial charge in [-0.25, -0.2) is 0 Å². The van der Waals surface area contributed by atoms with E-state index < -0.39 is 0 Å². The smallest absolute Gasteiger partial charge is 0.123 e. The van der Waals surface area contributed by atoms with Crippen LogP contribution >= 0.6 is 22.6 Å². The molecule has 0 saturated carbocycles. The molecule has 0 aliphatic rings. The minimum absolute atomic E-state index is 0.255. The normalized spacial score (nSPS) is 12.6. The number of likely N-dealkylation sites (N-methyl/N-ethyl adjacent to an activating group) is 1. The van der Waals surface area contributed by atoms with E-state index >= 15 is 0 Å². The molecule has 18 heavy (non-hydrogen) atoms. The molecule has 1 aromatic heterocycles. The molecule has 3 heteroatoms. The lowest BCUT2D eigenvalue weighted by Gasteiger charge is -2.16. The van der Waals surface area contributed by atoms with Gasteiger partial charge in [-0.1, -0.05) is 19.1 Å². The van der Waals surface area contributed by atoms with Gasteiger partial charge in [-0.05, 0) is 71.8 Å². The molecule has 1 unspecified atom stereocenters. The van der Waals surface area contributed by atoms with E-state index in [9.17, 15) is 0 Å². The summed E-state index contributed by atoms with van der Waals surface area (Å²) in [6.45, 7) is 5.16. The van der Waals surface area contributed by atoms with Crippen molar-refractivity contribution in [2.24, 2.45) is 0 Å². The second kappa shape index (κ2) is 6.38. The topological polar surface area (TPSA) is 25.2 Å². The standard InChI is InChI=1S/C15H18INO/c1-3-17-14(15-11(2)8-9-18-15)10-12-4-6-13(16)7-5-12/h4-9,14,17H,3,10H2,1-2H3. The number of furan rings is 1. The Morgan fingerprint density at radius 2 is 1.94 bits per heavy atom. The van der Waals surface area contributed by atoms with Gasteiger partial charge in [0.2, 0.25) is 0 Å². The molecule has 0 aliphatic carbocycles. The first kappa shape index (κ1) is 13.6. The van der Waals surface area contributed by atoms with Crippen molar-refractivity contribution < 1.29 is 4.42 Å². The summed E-state index contributed by atoms with van der Waals surface area (Å²) < 4.78 is 6.88. The molecule has 0 radical (unpaired) electrons. The average molecular weight is 355 g/mol. The molecule has 0 aliphatic heterocycles. The summed E-state index contributed by atoms with van der Waals surface area (Å²) in [6, 6.07) is 10.9. The van der Waals surface area contributed by atoms with E-state index in [1.807, 2.05) is 6.07 Å². The Bertz CT molecular complexity index is 489. The second-order valence-electron chi connectivity index (χ2n) is 4.41. The van der Waals surface area contributed by atoms with Gasteiger partial charge in [-0.15, -0.1) is 0 Å². The van der Waals surface area contributed by atoms with Crippen molar-refractivity contribution in [3.8, 4) is 0 Å². The second-order valence-corrected chi connectivity index (χ2v) is 5.65. The first-order valence-electron chi connectivity index (χ1n) is 6.22. The van der Waals surface area contributed by atoms with Gasteiger partial charge in [0.05, 0.1) is 12.3 Å². The van der Waals surface area contributed by atoms with Gasteiger partial charge < -0.3 is 9.73 Å². The highest BCUT2D eigenvalue weighted by Gasteiger charge is 2.16. The summed E-state index contributed by atoms with van der Waals surface area (Å²) >= 11 is 2.33. The van der Waals surface area contributed by atoms with Crippen LogP contribution in [0.5, 0.6) is 0 Å². The van der Waals surface area contributed by atoms with Crippen LogP contribution in [0, 0.1) is 10.5 Å². The Labute approximate surface area is 122 Å². The fourth-order valence-electron chi connectivity index (χ4n) is 2.10. The molecule has 0 fully saturated rings. The first-order valence-corrected chi connectivity index (χ1v) is 7.30. The summed E-state index contributed by atoms with van der Waals surface area (Å²) in [4.78, 5) is 0. The van der Waals surface area contributed by atoms with E-state index in [-0.39, 0.29) is 6.04 Å². The van der Waals surface area contributed by atoms with Crippen LogP contribution in [0.1, 0.15) is 29.9 Å². The maximum Gasteiger partial charge on any atom is 0.123 e. The van der Waals surface area contributed by atoms with Gasteiger partial charge in [0.25, 0.3) is 0 Å². The summed E-state index contributed by atoms with van der Waals surface area (Å²) in [5, 5.41) is 3.49. The lowest BCUT2D eigenvalue weighted by Crippen LogP contribution is -2.23. The molecule has 2 rings (SSSR count). The van der Waals surface area contributed by atoms with E-state index in [1.54, 1.807) is 6.26 Å². The summed E-state index contributed by atoms with van der Waals surface area (Å²) in [6.07, 6.45) is 2.72. The van der Waals surface area contributed by atoms with E-state index in [0.717, 1.165) is 18.7 Å². The van der Waals surface area contributed by atoms with Crippen LogP contribution < -0.4 is 5.32 Å². The first-order chi connectivity index (χ1) is 8.70. The number of hydrogen-bond donors (Lipinski definition) is 1. The van der Waals surface area contributed by atoms with Crippen LogP contribution in [0.15, 0.2) is 41.0 Å². The maximum absolute atomic E-state index is 5.61. The van der Waals surface area contributed by atoms with Crippen molar-refractivity contribution in [1.29, 1.82) is 0 Å². The zero-order chi connectivity index (χ0) is 13.0. The van der Waals surface area contributed by atoms with Crippen molar-refractivity contribution in [1.82, 2.24) is 5.32 Å². The largest absolute Gasteiger partial charge is 0.467 e. The number of halogens is 1. The number of benzene rings is 1. The Hall–Kier alpha value is -0.810. The molecule has 2 aromatic rings. The van der Waals surface area contributed by atoms with Crippen LogP contribution in [0.4, 0.5) is 0 Å². The van der Waals surface area contributed by atoms with Gasteiger partial charge >= 0.3 is 0 Å². The number of nitrogens with one attached hydrogen (secondary N) is 1. The molecule has 1 atom stereocenters. The Balaban J connectivity index is 2.16. The average Bonchev–Trinajstić information content (AvgIpc) is 2.78. The molecule has 1 N–H and O–H groups in total. The predicted molar refractivity (Wildman–Crippen MR) is 82.7 cm³/mol. The number of rotatable bonds is 5. The fraction of sp³-hybridized carbons (Fsp3) is 0.333. The van der Waals surface area contributed by atoms with Crippen LogP contribution in [-0.4, -0.2) is 6.54 Å². The van der Waals surface area contributed by atoms with E-state index in [1.165, 1.54) is 14.7 Å². The minimum atomic E-state index is 0.255. The van der Waals surface area contributed by atoms with Gasteiger partial charge in [-0.3, -0.25) is 0 Å². The molecule has 0 bridgehead atoms. The van der Waals surface area contributed by atoms with Crippen LogP contribution in [0.25, 0.3) is 0 Å². The Kier molecular flexibility index (Phi) is 4.83. The van der Waals surface area contributed by atoms with Gasteiger partial charge in [-0.2, -0.15) is 0 Å². The summed E-state index contributed by atoms with van der Waals surface area (Å²) in [7, 11) is 0. The minimum Gasteiger partial charge on any atom is -0.467 e. The molecule has 96 valence electrons. The number of hydrogen-bond acceptors (Lipinski definition) is 2. The lowest BCUT2D eigenvalue weighted by atomic mass is 10.0. The SMILES string of the molecule is CCNC(Cc1ccc(I)cc1)c1occc1C. The zero-order valence-electron chi connectivity index (χ0n) is 10.7. The Morgan fingerprint density at radius 1 is 1.22 bits per heavy atom. The van der Waals surface area contributed by atoms with Crippen LogP contribution in [0.3, 0.4) is 0 Å². The van der Waals surface area contributed by atoms with Gasteiger partial charge in [0.15, 0.2) is 0 Å². The summed E-state index contributed by atoms with van der Waals surface area (Å²) in [5.74, 6) is 1.05. The number of aryl methyl sites for hydroxylation is 1. The molecule has 0 saturated heterocycles. The molecule has 0 spiro atoms. The molecular weight excluding hydrogens is 337 g/mol. The van der Waals surface area contributed by atoms with Crippen molar-refractivity contribution >= 4 is 22.6 Å². The fourth-order valence-corrected chi connectivity index (χ4v) is 2.46. The van der Waals surface area contributed by atoms with E-state index in [4.69, 9.17) is 4.42 Å². The maximum atomic E-state index is 5.61. The van der Waals surface area contributed by atoms with Crippen LogP contribution in [0.2, 0.25) is 0 Å². The van der Waals surface area contributed by atoms with Crippen molar-refractivity contribution in [3.63, 3.8) is 0 Å². The molecule has 2 nitrogen and oxygen atoms in total. The molecule has 1 aromatic carbocycles. The monoisotopic (exact) mass is 355 g/mol. The lowest BCUT2D eigenvalue weighted by molar-refractivity contribution is 0.413. The highest BCUT2D eigenvalue weighted by molar-refractivity contribution is 14.1. The van der Waals surface area contributed by atoms with Crippen LogP contribution in [-0.2, 0) is 6.42 Å². The van der Waals surface area contributed by atoms with Crippen molar-refractivity contribution in [3.05, 3.63) is 57.1 Å². The third kappa shape index (κ3) is 3.36. The third-order valence-corrected chi connectivity index (χ3v) is 3.74. The molecule has 1 heterocycles. The van der Waals surface area contributed by atoms with Gasteiger partial charge in [0.1, 0.15) is 5.76 Å².